The predicted molar refractivity (Wildman–Crippen MR) is 73.6 cm³/mol. The zero-order chi connectivity index (χ0) is 11.9. The highest BCUT2D eigenvalue weighted by molar-refractivity contribution is 9.10. The van der Waals surface area contributed by atoms with Crippen LogP contribution in [0.1, 0.15) is 18.4 Å². The van der Waals surface area contributed by atoms with Gasteiger partial charge in [-0.2, -0.15) is 0 Å². The van der Waals surface area contributed by atoms with Crippen LogP contribution in [-0.4, -0.2) is 26.3 Å². The molecule has 2 fully saturated rings. The van der Waals surface area contributed by atoms with Gasteiger partial charge in [0, 0.05) is 41.9 Å². The van der Waals surface area contributed by atoms with Crippen molar-refractivity contribution < 1.29 is 4.74 Å². The Hall–Kier alpha value is -0.540. The SMILES string of the molecule is Cc1cc(N2CC3(CCOCC3)C2)ccc1Br. The summed E-state index contributed by atoms with van der Waals surface area (Å²) in [5.41, 5.74) is 3.23. The Labute approximate surface area is 111 Å². The number of rotatable bonds is 1. The van der Waals surface area contributed by atoms with Gasteiger partial charge < -0.3 is 9.64 Å². The van der Waals surface area contributed by atoms with E-state index in [1.165, 1.54) is 41.7 Å². The Morgan fingerprint density at radius 3 is 2.59 bits per heavy atom. The summed E-state index contributed by atoms with van der Waals surface area (Å²) in [5, 5.41) is 0. The molecule has 92 valence electrons. The lowest BCUT2D eigenvalue weighted by atomic mass is 9.73. The molecule has 0 unspecified atom stereocenters. The Morgan fingerprint density at radius 1 is 1.24 bits per heavy atom. The highest BCUT2D eigenvalue weighted by Gasteiger charge is 2.43. The first-order valence-electron chi connectivity index (χ1n) is 6.27. The molecule has 0 radical (unpaired) electrons. The standard InChI is InChI=1S/C14H18BrNO/c1-11-8-12(2-3-13(11)15)16-9-14(10-16)4-6-17-7-5-14/h2-3,8H,4-7,9-10H2,1H3. The van der Waals surface area contributed by atoms with Gasteiger partial charge in [0.15, 0.2) is 0 Å². The molecule has 2 aliphatic heterocycles. The third kappa shape index (κ3) is 2.11. The second-order valence-electron chi connectivity index (χ2n) is 5.40. The van der Waals surface area contributed by atoms with Crippen molar-refractivity contribution in [3.8, 4) is 0 Å². The van der Waals surface area contributed by atoms with Gasteiger partial charge in [0.1, 0.15) is 0 Å². The Bertz CT molecular complexity index is 418. The molecule has 2 aliphatic rings. The molecule has 0 bridgehead atoms. The molecule has 3 heteroatoms. The molecule has 2 nitrogen and oxygen atoms in total. The Balaban J connectivity index is 1.70. The first kappa shape index (κ1) is 11.5. The summed E-state index contributed by atoms with van der Waals surface area (Å²) in [7, 11) is 0. The number of ether oxygens (including phenoxy) is 1. The van der Waals surface area contributed by atoms with Crippen molar-refractivity contribution in [1.29, 1.82) is 0 Å². The van der Waals surface area contributed by atoms with Crippen LogP contribution in [-0.2, 0) is 4.74 Å². The van der Waals surface area contributed by atoms with E-state index < -0.39 is 0 Å². The highest BCUT2D eigenvalue weighted by Crippen LogP contribution is 2.42. The minimum atomic E-state index is 0.555. The molecule has 2 heterocycles. The average molecular weight is 296 g/mol. The summed E-state index contributed by atoms with van der Waals surface area (Å²) in [6, 6.07) is 6.64. The van der Waals surface area contributed by atoms with E-state index in [1.54, 1.807) is 0 Å². The lowest BCUT2D eigenvalue weighted by Crippen LogP contribution is -2.58. The average Bonchev–Trinajstić information content (AvgIpc) is 2.31. The monoisotopic (exact) mass is 295 g/mol. The summed E-state index contributed by atoms with van der Waals surface area (Å²) >= 11 is 3.55. The zero-order valence-electron chi connectivity index (χ0n) is 10.2. The van der Waals surface area contributed by atoms with E-state index in [-0.39, 0.29) is 0 Å². The van der Waals surface area contributed by atoms with E-state index in [4.69, 9.17) is 4.74 Å². The lowest BCUT2D eigenvalue weighted by Gasteiger charge is -2.53. The third-order valence-corrected chi connectivity index (χ3v) is 5.00. The maximum Gasteiger partial charge on any atom is 0.0472 e. The van der Waals surface area contributed by atoms with Gasteiger partial charge in [0.05, 0.1) is 0 Å². The van der Waals surface area contributed by atoms with Crippen LogP contribution < -0.4 is 4.90 Å². The fourth-order valence-corrected chi connectivity index (χ4v) is 3.14. The van der Waals surface area contributed by atoms with Crippen molar-refractivity contribution >= 4 is 21.6 Å². The fourth-order valence-electron chi connectivity index (χ4n) is 2.89. The number of halogens is 1. The summed E-state index contributed by atoms with van der Waals surface area (Å²) < 4.78 is 6.65. The molecule has 0 atom stereocenters. The molecule has 0 N–H and O–H groups in total. The molecule has 2 saturated heterocycles. The highest BCUT2D eigenvalue weighted by atomic mass is 79.9. The zero-order valence-corrected chi connectivity index (χ0v) is 11.8. The van der Waals surface area contributed by atoms with Crippen LogP contribution in [0.5, 0.6) is 0 Å². The van der Waals surface area contributed by atoms with E-state index in [0.717, 1.165) is 13.2 Å². The maximum atomic E-state index is 5.45. The number of nitrogens with zero attached hydrogens (tertiary/aromatic N) is 1. The molecular formula is C14H18BrNO. The van der Waals surface area contributed by atoms with Crippen LogP contribution >= 0.6 is 15.9 Å². The molecule has 3 rings (SSSR count). The minimum Gasteiger partial charge on any atom is -0.381 e. The number of hydrogen-bond acceptors (Lipinski definition) is 2. The van der Waals surface area contributed by atoms with Crippen molar-refractivity contribution in [1.82, 2.24) is 0 Å². The first-order valence-corrected chi connectivity index (χ1v) is 7.07. The molecule has 0 amide bonds. The summed E-state index contributed by atoms with van der Waals surface area (Å²) in [5.74, 6) is 0. The Morgan fingerprint density at radius 2 is 1.94 bits per heavy atom. The smallest absolute Gasteiger partial charge is 0.0472 e. The van der Waals surface area contributed by atoms with E-state index in [0.29, 0.717) is 5.41 Å². The molecule has 0 aliphatic carbocycles. The van der Waals surface area contributed by atoms with Crippen molar-refractivity contribution in [2.24, 2.45) is 5.41 Å². The summed E-state index contributed by atoms with van der Waals surface area (Å²) in [4.78, 5) is 2.49. The van der Waals surface area contributed by atoms with Gasteiger partial charge >= 0.3 is 0 Å². The molecule has 0 saturated carbocycles. The Kier molecular flexibility index (Phi) is 2.91. The maximum absolute atomic E-state index is 5.45. The van der Waals surface area contributed by atoms with Gasteiger partial charge in [0.2, 0.25) is 0 Å². The van der Waals surface area contributed by atoms with Crippen LogP contribution in [0.4, 0.5) is 5.69 Å². The summed E-state index contributed by atoms with van der Waals surface area (Å²) in [6.07, 6.45) is 2.47. The van der Waals surface area contributed by atoms with Crippen molar-refractivity contribution in [3.05, 3.63) is 28.2 Å². The number of hydrogen-bond donors (Lipinski definition) is 0. The van der Waals surface area contributed by atoms with Gasteiger partial charge in [-0.05, 0) is 43.5 Å². The largest absolute Gasteiger partial charge is 0.381 e. The molecule has 1 aromatic carbocycles. The molecule has 17 heavy (non-hydrogen) atoms. The quantitative estimate of drug-likeness (QED) is 0.788. The molecule has 1 aromatic rings. The second-order valence-corrected chi connectivity index (χ2v) is 6.26. The van der Waals surface area contributed by atoms with E-state index in [2.05, 4.69) is 46.0 Å². The first-order chi connectivity index (χ1) is 8.19. The predicted octanol–water partition coefficient (Wildman–Crippen LogP) is 3.37. The van der Waals surface area contributed by atoms with Crippen LogP contribution in [0.25, 0.3) is 0 Å². The van der Waals surface area contributed by atoms with Crippen molar-refractivity contribution in [2.75, 3.05) is 31.2 Å². The molecule has 0 aromatic heterocycles. The normalized spacial score (nSPS) is 22.6. The minimum absolute atomic E-state index is 0.555. The third-order valence-electron chi connectivity index (χ3n) is 4.11. The van der Waals surface area contributed by atoms with Crippen LogP contribution in [0, 0.1) is 12.3 Å². The summed E-state index contributed by atoms with van der Waals surface area (Å²) in [6.45, 7) is 6.47. The number of benzene rings is 1. The van der Waals surface area contributed by atoms with Crippen LogP contribution in [0.2, 0.25) is 0 Å². The van der Waals surface area contributed by atoms with Crippen LogP contribution in [0.15, 0.2) is 22.7 Å². The number of aryl methyl sites for hydroxylation is 1. The lowest BCUT2D eigenvalue weighted by molar-refractivity contribution is -0.000195. The van der Waals surface area contributed by atoms with Gasteiger partial charge in [-0.3, -0.25) is 0 Å². The van der Waals surface area contributed by atoms with Crippen LogP contribution in [0.3, 0.4) is 0 Å². The molecular weight excluding hydrogens is 278 g/mol. The molecule has 1 spiro atoms. The van der Waals surface area contributed by atoms with Gasteiger partial charge in [-0.15, -0.1) is 0 Å². The van der Waals surface area contributed by atoms with E-state index in [9.17, 15) is 0 Å². The topological polar surface area (TPSA) is 12.5 Å². The van der Waals surface area contributed by atoms with Gasteiger partial charge in [0.25, 0.3) is 0 Å². The number of anilines is 1. The van der Waals surface area contributed by atoms with Gasteiger partial charge in [-0.25, -0.2) is 0 Å². The van der Waals surface area contributed by atoms with E-state index in [1.807, 2.05) is 0 Å². The second kappa shape index (κ2) is 4.29. The fraction of sp³-hybridized carbons (Fsp3) is 0.571. The van der Waals surface area contributed by atoms with Gasteiger partial charge in [-0.1, -0.05) is 15.9 Å². The van der Waals surface area contributed by atoms with Crippen molar-refractivity contribution in [3.63, 3.8) is 0 Å². The van der Waals surface area contributed by atoms with E-state index >= 15 is 0 Å². The van der Waals surface area contributed by atoms with Crippen molar-refractivity contribution in [2.45, 2.75) is 19.8 Å².